The smallest absolute Gasteiger partial charge is 0.462 e. The van der Waals surface area contributed by atoms with Crippen LogP contribution in [0.5, 0.6) is 0 Å². The van der Waals surface area contributed by atoms with E-state index in [1.807, 2.05) is 0 Å². The van der Waals surface area contributed by atoms with E-state index >= 15 is 0 Å². The topological polar surface area (TPSA) is 119 Å². The first-order valence-corrected chi connectivity index (χ1v) is 12.2. The molecule has 1 radical (unpaired) electrons. The Morgan fingerprint density at radius 1 is 0.578 bits per heavy atom. The quantitative estimate of drug-likeness (QED) is 0.0381. The molecule has 0 saturated carbocycles. The maximum atomic E-state index is 13.7. The molecule has 0 unspecified atom stereocenters. The van der Waals surface area contributed by atoms with E-state index in [4.69, 9.17) is 85.0 Å². The van der Waals surface area contributed by atoms with Gasteiger partial charge in [-0.15, -0.1) is 0 Å². The molecule has 0 fully saturated rings. The molecule has 0 heterocycles. The molecule has 0 aliphatic carbocycles. The van der Waals surface area contributed by atoms with E-state index in [0.29, 0.717) is 0 Å². The van der Waals surface area contributed by atoms with Crippen molar-refractivity contribution in [2.45, 2.75) is 198 Å². The normalized spacial score (nSPS) is 42.0. The van der Waals surface area contributed by atoms with E-state index < -0.39 is 231 Å². The molecule has 10 heteroatoms. The van der Waals surface area contributed by atoms with Crippen LogP contribution in [0.25, 0.3) is 0 Å². The molecule has 0 aromatic rings. The second-order valence-electron chi connectivity index (χ2n) is 5.91. The zero-order valence-corrected chi connectivity index (χ0v) is 25.7. The molecule has 0 saturated heterocycles. The Labute approximate surface area is 385 Å². The van der Waals surface area contributed by atoms with Gasteiger partial charge in [0.2, 0.25) is 0 Å². The van der Waals surface area contributed by atoms with Crippen LogP contribution in [0, 0.1) is 0 Å². The van der Waals surface area contributed by atoms with Gasteiger partial charge in [0.25, 0.3) is 0 Å². The first-order valence-electron chi connectivity index (χ1n) is 41.7. The van der Waals surface area contributed by atoms with E-state index in [0.717, 1.165) is 0 Å². The summed E-state index contributed by atoms with van der Waals surface area (Å²) in [6.07, 6.45) is -151. The van der Waals surface area contributed by atoms with E-state index in [1.54, 1.807) is 0 Å². The molecule has 0 aliphatic heterocycles. The van der Waals surface area contributed by atoms with Gasteiger partial charge in [0, 0.05) is 127 Å². The number of esters is 2. The number of rotatable bonds is 34. The van der Waals surface area contributed by atoms with Gasteiger partial charge < -0.3 is 19.3 Å². The minimum Gasteiger partial charge on any atom is -0.462 e. The molecule has 2 N–H and O–H groups in total. The van der Waals surface area contributed by atoms with Gasteiger partial charge in [0.05, 0.1) is 6.61 Å². The third-order valence-corrected chi connectivity index (χ3v) is 3.42. The monoisotopic (exact) mass is 734 g/mol. The minimum absolute atomic E-state index is 0. The summed E-state index contributed by atoms with van der Waals surface area (Å²) >= 11 is 0. The van der Waals surface area contributed by atoms with Crippen molar-refractivity contribution >= 4 is 49.3 Å². The molecule has 0 aliphatic rings. The molecule has 0 amide bonds. The summed E-state index contributed by atoms with van der Waals surface area (Å²) in [5.74, 6) is -6.25. The number of hydrogen-bond acceptors (Lipinski definition) is 6. The second kappa shape index (κ2) is 35.4. The fourth-order valence-electron chi connectivity index (χ4n) is 1.53. The van der Waals surface area contributed by atoms with E-state index in [1.165, 1.54) is 0 Å². The minimum atomic E-state index is -6.08. The number of phosphoric ester groups is 1. The van der Waals surface area contributed by atoms with Crippen molar-refractivity contribution in [1.82, 2.24) is 0 Å². The predicted octanol–water partition coefficient (Wildman–Crippen LogP) is 10.1. The van der Waals surface area contributed by atoms with Crippen molar-refractivity contribution in [2.24, 2.45) is 0 Å². The Kier molecular flexibility index (Phi) is 6.22. The van der Waals surface area contributed by atoms with Crippen molar-refractivity contribution in [3.05, 3.63) is 0 Å². The van der Waals surface area contributed by atoms with Gasteiger partial charge in [-0.05, 0) is 12.7 Å². The Hall–Kier alpha value is 0.0500. The van der Waals surface area contributed by atoms with E-state index in [2.05, 4.69) is 14.0 Å². The average Bonchev–Trinajstić information content (AvgIpc) is 0.682. The van der Waals surface area contributed by atoms with Crippen LogP contribution < -0.4 is 0 Å². The number of carbonyl (C=O) groups excluding carboxylic acids is 2. The third-order valence-electron chi connectivity index (χ3n) is 2.93. The fraction of sp³-hybridized carbons (Fsp3) is 0.943. The van der Waals surface area contributed by atoms with Gasteiger partial charge in [-0.3, -0.25) is 14.1 Å². The summed E-state index contributed by atoms with van der Waals surface area (Å²) in [5, 5.41) is 0. The van der Waals surface area contributed by atoms with Crippen LogP contribution in [0.2, 0.25) is 0 Å². The zero-order chi connectivity index (χ0) is 87.8. The molecule has 8 nitrogen and oxygen atoms in total. The van der Waals surface area contributed by atoms with E-state index in [9.17, 15) is 23.9 Å². The Morgan fingerprint density at radius 2 is 0.911 bits per heavy atom. The summed E-state index contributed by atoms with van der Waals surface area (Å²) in [6.45, 7) is -13.0. The first kappa shape index (κ1) is 7.92. The second-order valence-corrected chi connectivity index (χ2v) is 7.15. The number of ether oxygens (including phenoxy) is 2. The SMILES string of the molecule is [2H]C([2H])([2H])C([2H])([2H])C([2H])([2H])C([2H])([2H])C([2H])([2H])C([2H])([2H])C([2H])([2H])C([2H])([2H])C([2H])([2H])C([2H])([2H])C([2H])([2H])C([2H])([2H])C([2H])([2H])C([2H])([2H])C([2H])([2H])C(=O)OC[C@H](COP(=O)(O)O)OC(=O)C([2H])([2H])C([2H])([2H])C([2H])([2H])C([2H])([2H])C([2H])([2H])C([2H])([2H])C([2H])([2H])C([2H])([2H])C([2H])([2H])C([2H])([2H])C([2H])([2H])C([2H])([2H])C([2H])([2H])C([2H])([2H])C([2H])([2H])[2H].[Na]. The molecule has 0 rings (SSSR count). The number of carbonyl (C=O) groups is 2. The molecular weight excluding hydrogens is 602 g/mol. The van der Waals surface area contributed by atoms with Crippen molar-refractivity contribution in [3.8, 4) is 0 Å². The Morgan fingerprint density at radius 3 is 1.27 bits per heavy atom. The van der Waals surface area contributed by atoms with Crippen LogP contribution in [0.3, 0.4) is 0 Å². The van der Waals surface area contributed by atoms with Gasteiger partial charge in [0.15, 0.2) is 6.10 Å². The molecule has 0 bridgehead atoms. The fourth-order valence-corrected chi connectivity index (χ4v) is 1.89. The summed E-state index contributed by atoms with van der Waals surface area (Å²) in [7, 11) is -6.08. The van der Waals surface area contributed by atoms with Crippen LogP contribution in [0.15, 0.2) is 0 Å². The molecule has 0 spiro atoms. The van der Waals surface area contributed by atoms with Crippen molar-refractivity contribution in [3.63, 3.8) is 0 Å². The van der Waals surface area contributed by atoms with Crippen LogP contribution in [-0.2, 0) is 28.2 Å². The largest absolute Gasteiger partial charge is 0.469 e. The standard InChI is InChI=1S/C35H69O8P.Na/c1-3-5-7-9-11-13-15-17-19-21-23-25-27-29-34(36)41-31-33(32-42-44(38,39)40)43-35(37)30-28-26-24-22-20-18-16-14-12-10-8-6-4-2;/h33H,3-32H2,1-2H3,(H2,38,39,40);/t33-;/m1./s1/i1D3,2D3,3D2,4D2,5D2,6D2,7D2,8D2,9D2,10D2,11D2,12D2,13D2,14D2,15D2,16D2,17D2,18D2,19D2,20D2,21D2,22D2,23D2,24D2,25D2,26D2,27D2,28D2,29D2,30D2;. The molecule has 0 aromatic heterocycles. The van der Waals surface area contributed by atoms with Gasteiger partial charge in [0.1, 0.15) is 6.61 Å². The van der Waals surface area contributed by atoms with Gasteiger partial charge in [-0.2, -0.15) is 0 Å². The van der Waals surface area contributed by atoms with Crippen molar-refractivity contribution in [2.75, 3.05) is 13.2 Å². The van der Waals surface area contributed by atoms with Gasteiger partial charge in [-0.1, -0.05) is 167 Å². The first-order chi connectivity index (χ1) is 44.6. The summed E-state index contributed by atoms with van der Waals surface area (Å²) < 4.78 is 530. The third kappa shape index (κ3) is 38.4. The Balaban J connectivity index is 0. The van der Waals surface area contributed by atoms with Crippen molar-refractivity contribution in [1.29, 1.82) is 0 Å². The summed E-state index contributed by atoms with van der Waals surface area (Å²) in [6, 6.07) is 0. The molecular formula is C35H69NaO8P. The summed E-state index contributed by atoms with van der Waals surface area (Å²) in [4.78, 5) is 45.9. The van der Waals surface area contributed by atoms with Crippen LogP contribution in [0.1, 0.15) is 277 Å². The molecule has 263 valence electrons. The molecule has 45 heavy (non-hydrogen) atoms. The Bertz CT molecular complexity index is 3240. The predicted molar refractivity (Wildman–Crippen MR) is 185 cm³/mol. The maximum absolute atomic E-state index is 13.7. The summed E-state index contributed by atoms with van der Waals surface area (Å²) in [5.41, 5.74) is 0. The van der Waals surface area contributed by atoms with Crippen LogP contribution >= 0.6 is 7.82 Å². The van der Waals surface area contributed by atoms with Crippen molar-refractivity contribution < 1.29 is 123 Å². The van der Waals surface area contributed by atoms with Crippen LogP contribution in [-0.4, -0.2) is 70.6 Å². The van der Waals surface area contributed by atoms with Gasteiger partial charge in [-0.25, -0.2) is 4.57 Å². The van der Waals surface area contributed by atoms with Gasteiger partial charge >= 0.3 is 19.8 Å². The maximum Gasteiger partial charge on any atom is 0.469 e. The average molecular weight is 734 g/mol. The molecule has 0 aromatic carbocycles. The number of hydrogen-bond donors (Lipinski definition) is 2. The van der Waals surface area contributed by atoms with E-state index in [-0.39, 0.29) is 29.6 Å². The number of phosphoric acid groups is 1. The zero-order valence-electron chi connectivity index (χ0n) is 84.8. The molecule has 1 atom stereocenters. The van der Waals surface area contributed by atoms with Crippen LogP contribution in [0.4, 0.5) is 0 Å².